The maximum atomic E-state index is 12.4. The van der Waals surface area contributed by atoms with Gasteiger partial charge < -0.3 is 10.1 Å². The first kappa shape index (κ1) is 15.8. The summed E-state index contributed by atoms with van der Waals surface area (Å²) in [4.78, 5) is 12.4. The molecule has 1 fully saturated rings. The predicted octanol–water partition coefficient (Wildman–Crippen LogP) is 4.04. The van der Waals surface area contributed by atoms with Crippen molar-refractivity contribution in [1.29, 1.82) is 0 Å². The summed E-state index contributed by atoms with van der Waals surface area (Å²) in [5.74, 6) is -0.0000269. The molecule has 2 rings (SSSR count). The highest BCUT2D eigenvalue weighted by atomic mass is 79.9. The Morgan fingerprint density at radius 1 is 1.40 bits per heavy atom. The van der Waals surface area contributed by atoms with Crippen LogP contribution in [0.3, 0.4) is 0 Å². The molecule has 0 radical (unpaired) electrons. The summed E-state index contributed by atoms with van der Waals surface area (Å²) in [6.45, 7) is 5.90. The molecular formula is C15H19BrClNO2. The smallest absolute Gasteiger partial charge is 0.341 e. The zero-order chi connectivity index (χ0) is 14.8. The number of benzene rings is 1. The zero-order valence-corrected chi connectivity index (χ0v) is 14.1. The van der Waals surface area contributed by atoms with Gasteiger partial charge in [0.05, 0.1) is 10.6 Å². The van der Waals surface area contributed by atoms with E-state index in [1.54, 1.807) is 18.2 Å². The number of esters is 1. The van der Waals surface area contributed by atoms with Crippen LogP contribution in [0.4, 0.5) is 0 Å². The summed E-state index contributed by atoms with van der Waals surface area (Å²) >= 11 is 9.45. The number of carbonyl (C=O) groups excluding carboxylic acids is 1. The van der Waals surface area contributed by atoms with E-state index in [-0.39, 0.29) is 5.97 Å². The summed E-state index contributed by atoms with van der Waals surface area (Å²) in [6.07, 6.45) is 2.04. The first-order valence-corrected chi connectivity index (χ1v) is 7.97. The van der Waals surface area contributed by atoms with Crippen molar-refractivity contribution in [2.75, 3.05) is 13.1 Å². The number of piperidine rings is 1. The van der Waals surface area contributed by atoms with E-state index < -0.39 is 5.60 Å². The van der Waals surface area contributed by atoms with E-state index in [0.717, 1.165) is 25.9 Å². The van der Waals surface area contributed by atoms with E-state index >= 15 is 0 Å². The minimum Gasteiger partial charge on any atom is -0.456 e. The number of hydrogen-bond donors (Lipinski definition) is 1. The van der Waals surface area contributed by atoms with Crippen molar-refractivity contribution in [3.63, 3.8) is 0 Å². The molecule has 1 saturated heterocycles. The Kier molecular flexibility index (Phi) is 5.10. The number of ether oxygens (including phenoxy) is 1. The average molecular weight is 361 g/mol. The van der Waals surface area contributed by atoms with E-state index in [4.69, 9.17) is 16.3 Å². The molecule has 0 atom stereocenters. The molecule has 1 heterocycles. The quantitative estimate of drug-likeness (QED) is 0.827. The SMILES string of the molecule is CC(C)(OC(=O)c1c(Cl)cccc1Br)C1CCNCC1. The number of hydrogen-bond acceptors (Lipinski definition) is 3. The molecule has 1 aliphatic rings. The zero-order valence-electron chi connectivity index (χ0n) is 11.7. The van der Waals surface area contributed by atoms with Crippen molar-refractivity contribution in [3.05, 3.63) is 33.3 Å². The van der Waals surface area contributed by atoms with Crippen LogP contribution in [-0.2, 0) is 4.74 Å². The molecule has 0 bridgehead atoms. The van der Waals surface area contributed by atoms with Gasteiger partial charge in [0.25, 0.3) is 0 Å². The van der Waals surface area contributed by atoms with Gasteiger partial charge in [-0.25, -0.2) is 4.79 Å². The molecule has 1 aromatic rings. The second kappa shape index (κ2) is 6.46. The fourth-order valence-corrected chi connectivity index (χ4v) is 3.48. The molecule has 1 N–H and O–H groups in total. The minimum absolute atomic E-state index is 0.369. The lowest BCUT2D eigenvalue weighted by atomic mass is 9.83. The lowest BCUT2D eigenvalue weighted by Gasteiger charge is -2.36. The summed E-state index contributed by atoms with van der Waals surface area (Å²) in [5, 5.41) is 3.73. The second-order valence-electron chi connectivity index (χ2n) is 5.61. The van der Waals surface area contributed by atoms with Crippen molar-refractivity contribution in [2.24, 2.45) is 5.92 Å². The highest BCUT2D eigenvalue weighted by Gasteiger charge is 2.35. The van der Waals surface area contributed by atoms with Crippen molar-refractivity contribution >= 4 is 33.5 Å². The van der Waals surface area contributed by atoms with Gasteiger partial charge in [0.2, 0.25) is 0 Å². The van der Waals surface area contributed by atoms with E-state index in [1.807, 2.05) is 13.8 Å². The van der Waals surface area contributed by atoms with Gasteiger partial charge >= 0.3 is 5.97 Å². The van der Waals surface area contributed by atoms with Crippen molar-refractivity contribution in [3.8, 4) is 0 Å². The molecule has 5 heteroatoms. The Hall–Kier alpha value is -0.580. The number of rotatable bonds is 3. The summed E-state index contributed by atoms with van der Waals surface area (Å²) in [7, 11) is 0. The summed E-state index contributed by atoms with van der Waals surface area (Å²) < 4.78 is 6.41. The summed E-state index contributed by atoms with van der Waals surface area (Å²) in [5.41, 5.74) is -0.0891. The maximum Gasteiger partial charge on any atom is 0.341 e. The first-order valence-electron chi connectivity index (χ1n) is 6.80. The van der Waals surface area contributed by atoms with Gasteiger partial charge in [0.15, 0.2) is 0 Å². The second-order valence-corrected chi connectivity index (χ2v) is 6.88. The van der Waals surface area contributed by atoms with Gasteiger partial charge in [-0.15, -0.1) is 0 Å². The third-order valence-electron chi connectivity index (χ3n) is 3.84. The van der Waals surface area contributed by atoms with Crippen LogP contribution in [0, 0.1) is 5.92 Å². The molecule has 0 amide bonds. The van der Waals surface area contributed by atoms with Crippen LogP contribution in [0.25, 0.3) is 0 Å². The Labute approximate surface area is 133 Å². The third kappa shape index (κ3) is 3.54. The maximum absolute atomic E-state index is 12.4. The van der Waals surface area contributed by atoms with Gasteiger partial charge in [0.1, 0.15) is 5.60 Å². The molecule has 3 nitrogen and oxygen atoms in total. The van der Waals surface area contributed by atoms with Crippen molar-refractivity contribution in [2.45, 2.75) is 32.3 Å². The first-order chi connectivity index (χ1) is 9.42. The molecule has 0 unspecified atom stereocenters. The van der Waals surface area contributed by atoms with Gasteiger partial charge in [-0.05, 0) is 67.8 Å². The van der Waals surface area contributed by atoms with Crippen LogP contribution in [0.1, 0.15) is 37.0 Å². The fourth-order valence-electron chi connectivity index (χ4n) is 2.58. The van der Waals surface area contributed by atoms with Gasteiger partial charge in [-0.2, -0.15) is 0 Å². The Bertz CT molecular complexity index is 478. The topological polar surface area (TPSA) is 38.3 Å². The van der Waals surface area contributed by atoms with Crippen LogP contribution in [-0.4, -0.2) is 24.7 Å². The number of halogens is 2. The van der Waals surface area contributed by atoms with Crippen LogP contribution in [0.15, 0.2) is 22.7 Å². The van der Waals surface area contributed by atoms with Gasteiger partial charge in [-0.3, -0.25) is 0 Å². The average Bonchev–Trinajstić information content (AvgIpc) is 2.39. The van der Waals surface area contributed by atoms with Gasteiger partial charge in [-0.1, -0.05) is 17.7 Å². The van der Waals surface area contributed by atoms with Crippen molar-refractivity contribution < 1.29 is 9.53 Å². The fraction of sp³-hybridized carbons (Fsp3) is 0.533. The molecule has 110 valence electrons. The Balaban J connectivity index is 2.14. The highest BCUT2D eigenvalue weighted by molar-refractivity contribution is 9.10. The monoisotopic (exact) mass is 359 g/mol. The number of carbonyl (C=O) groups is 1. The summed E-state index contributed by atoms with van der Waals surface area (Å²) in [6, 6.07) is 5.28. The van der Waals surface area contributed by atoms with Crippen LogP contribution in [0.2, 0.25) is 5.02 Å². The van der Waals surface area contributed by atoms with E-state index in [1.165, 1.54) is 0 Å². The molecule has 0 spiro atoms. The standard InChI is InChI=1S/C15H19BrClNO2/c1-15(2,10-6-8-18-9-7-10)20-14(19)13-11(16)4-3-5-12(13)17/h3-5,10,18H,6-9H2,1-2H3. The molecular weight excluding hydrogens is 342 g/mol. The number of nitrogens with one attached hydrogen (secondary N) is 1. The van der Waals surface area contributed by atoms with Crippen LogP contribution >= 0.6 is 27.5 Å². The molecule has 20 heavy (non-hydrogen) atoms. The molecule has 0 aromatic heterocycles. The van der Waals surface area contributed by atoms with E-state index in [0.29, 0.717) is 21.0 Å². The molecule has 1 aromatic carbocycles. The Morgan fingerprint density at radius 2 is 2.05 bits per heavy atom. The predicted molar refractivity (Wildman–Crippen MR) is 84.2 cm³/mol. The normalized spacial score (nSPS) is 17.0. The van der Waals surface area contributed by atoms with E-state index in [9.17, 15) is 4.79 Å². The molecule has 0 aliphatic carbocycles. The highest BCUT2D eigenvalue weighted by Crippen LogP contribution is 2.32. The molecule has 0 saturated carbocycles. The van der Waals surface area contributed by atoms with E-state index in [2.05, 4.69) is 21.2 Å². The lowest BCUT2D eigenvalue weighted by molar-refractivity contribution is -0.0368. The van der Waals surface area contributed by atoms with Gasteiger partial charge in [0, 0.05) is 10.4 Å². The van der Waals surface area contributed by atoms with Crippen LogP contribution in [0.5, 0.6) is 0 Å². The van der Waals surface area contributed by atoms with Crippen molar-refractivity contribution in [1.82, 2.24) is 5.32 Å². The molecule has 1 aliphatic heterocycles. The third-order valence-corrected chi connectivity index (χ3v) is 4.82. The Morgan fingerprint density at radius 3 is 2.65 bits per heavy atom. The minimum atomic E-state index is -0.488. The largest absolute Gasteiger partial charge is 0.456 e. The lowest BCUT2D eigenvalue weighted by Crippen LogP contribution is -2.42. The van der Waals surface area contributed by atoms with Crippen LogP contribution < -0.4 is 5.32 Å².